The molecule has 1 aliphatic rings. The van der Waals surface area contributed by atoms with Gasteiger partial charge in [0.15, 0.2) is 0 Å². The number of carbonyl (C=O) groups is 2. The molecule has 1 atom stereocenters. The number of piperidine rings is 1. The molecule has 1 saturated heterocycles. The second-order valence-electron chi connectivity index (χ2n) is 4.87. The average Bonchev–Trinajstić information content (AvgIpc) is 2.41. The van der Waals surface area contributed by atoms with Crippen molar-refractivity contribution in [2.75, 3.05) is 6.54 Å². The van der Waals surface area contributed by atoms with E-state index in [1.807, 2.05) is 0 Å². The molecule has 0 aliphatic carbocycles. The number of hydrogen-bond acceptors (Lipinski definition) is 2. The third-order valence-corrected chi connectivity index (χ3v) is 3.69. The molecule has 1 fully saturated rings. The van der Waals surface area contributed by atoms with Crippen molar-refractivity contribution < 1.29 is 19.1 Å². The third-order valence-electron chi connectivity index (χ3n) is 3.46. The fraction of sp³-hybridized carbons (Fsp3) is 0.429. The van der Waals surface area contributed by atoms with Crippen molar-refractivity contribution in [2.45, 2.75) is 31.7 Å². The summed E-state index contributed by atoms with van der Waals surface area (Å²) in [5.41, 5.74) is -0.102. The van der Waals surface area contributed by atoms with Crippen molar-refractivity contribution in [3.05, 3.63) is 34.6 Å². The van der Waals surface area contributed by atoms with Gasteiger partial charge in [0.2, 0.25) is 0 Å². The van der Waals surface area contributed by atoms with Crippen LogP contribution in [0.15, 0.2) is 18.2 Å². The number of likely N-dealkylation sites (tertiary alicyclic amines) is 1. The van der Waals surface area contributed by atoms with Crippen molar-refractivity contribution >= 4 is 23.5 Å². The van der Waals surface area contributed by atoms with Gasteiger partial charge in [0, 0.05) is 17.6 Å². The minimum atomic E-state index is -0.957. The third kappa shape index (κ3) is 3.28. The first-order valence-electron chi connectivity index (χ1n) is 6.47. The lowest BCUT2D eigenvalue weighted by Crippen LogP contribution is -2.45. The van der Waals surface area contributed by atoms with E-state index in [0.29, 0.717) is 13.0 Å². The molecule has 20 heavy (non-hydrogen) atoms. The van der Waals surface area contributed by atoms with Gasteiger partial charge >= 0.3 is 5.97 Å². The van der Waals surface area contributed by atoms with Crippen molar-refractivity contribution in [3.63, 3.8) is 0 Å². The lowest BCUT2D eigenvalue weighted by Gasteiger charge is -2.35. The van der Waals surface area contributed by atoms with Gasteiger partial charge < -0.3 is 10.0 Å². The standard InChI is InChI=1S/C14H15ClFNO3/c15-9-4-5-12(16)11(7-9)14(20)17-6-2-1-3-10(17)8-13(18)19/h4-5,7,10H,1-3,6,8H2,(H,18,19). The summed E-state index contributed by atoms with van der Waals surface area (Å²) in [5, 5.41) is 9.18. The molecule has 1 aromatic rings. The molecule has 0 bridgehead atoms. The van der Waals surface area contributed by atoms with E-state index in [2.05, 4.69) is 0 Å². The van der Waals surface area contributed by atoms with Crippen molar-refractivity contribution in [3.8, 4) is 0 Å². The number of benzene rings is 1. The first-order valence-corrected chi connectivity index (χ1v) is 6.84. The Balaban J connectivity index is 2.25. The Morgan fingerprint density at radius 1 is 1.40 bits per heavy atom. The van der Waals surface area contributed by atoms with Crippen LogP contribution in [-0.4, -0.2) is 34.5 Å². The molecule has 0 aromatic heterocycles. The molecule has 1 aromatic carbocycles. The van der Waals surface area contributed by atoms with Crippen molar-refractivity contribution in [1.82, 2.24) is 4.90 Å². The number of amides is 1. The Morgan fingerprint density at radius 2 is 2.15 bits per heavy atom. The number of carbonyl (C=O) groups excluding carboxylic acids is 1. The SMILES string of the molecule is O=C(O)CC1CCCCN1C(=O)c1cc(Cl)ccc1F. The molecule has 4 nitrogen and oxygen atoms in total. The Kier molecular flexibility index (Phi) is 4.60. The molecule has 1 aliphatic heterocycles. The number of rotatable bonds is 3. The van der Waals surface area contributed by atoms with Gasteiger partial charge in [-0.15, -0.1) is 0 Å². The quantitative estimate of drug-likeness (QED) is 0.933. The van der Waals surface area contributed by atoms with E-state index in [4.69, 9.17) is 16.7 Å². The lowest BCUT2D eigenvalue weighted by atomic mass is 9.98. The maximum Gasteiger partial charge on any atom is 0.305 e. The number of nitrogens with zero attached hydrogens (tertiary/aromatic N) is 1. The van der Waals surface area contributed by atoms with Crippen LogP contribution in [0.25, 0.3) is 0 Å². The molecule has 6 heteroatoms. The molecule has 1 amide bonds. The normalized spacial score (nSPS) is 18.9. The summed E-state index contributed by atoms with van der Waals surface area (Å²) in [6.45, 7) is 0.447. The summed E-state index contributed by atoms with van der Waals surface area (Å²) in [4.78, 5) is 24.7. The highest BCUT2D eigenvalue weighted by molar-refractivity contribution is 6.31. The van der Waals surface area contributed by atoms with Crippen molar-refractivity contribution in [1.29, 1.82) is 0 Å². The van der Waals surface area contributed by atoms with Crippen LogP contribution in [0.1, 0.15) is 36.0 Å². The summed E-state index contributed by atoms with van der Waals surface area (Å²) in [6, 6.07) is 3.42. The highest BCUT2D eigenvalue weighted by Gasteiger charge is 2.30. The summed E-state index contributed by atoms with van der Waals surface area (Å²) < 4.78 is 13.7. The number of hydrogen-bond donors (Lipinski definition) is 1. The maximum absolute atomic E-state index is 13.7. The summed E-state index contributed by atoms with van der Waals surface area (Å²) >= 11 is 5.79. The van der Waals surface area contributed by atoms with Gasteiger partial charge in [-0.05, 0) is 37.5 Å². The number of halogens is 2. The first kappa shape index (κ1) is 14.8. The van der Waals surface area contributed by atoms with Gasteiger partial charge in [0.1, 0.15) is 5.82 Å². The van der Waals surface area contributed by atoms with Crippen LogP contribution in [-0.2, 0) is 4.79 Å². The molecule has 1 heterocycles. The zero-order valence-electron chi connectivity index (χ0n) is 10.8. The molecule has 1 N–H and O–H groups in total. The second kappa shape index (κ2) is 6.22. The first-order chi connectivity index (χ1) is 9.49. The summed E-state index contributed by atoms with van der Waals surface area (Å²) in [7, 11) is 0. The fourth-order valence-corrected chi connectivity index (χ4v) is 2.67. The smallest absolute Gasteiger partial charge is 0.305 e. The van der Waals surface area contributed by atoms with E-state index in [9.17, 15) is 14.0 Å². The molecule has 0 spiro atoms. The van der Waals surface area contributed by atoms with Crippen LogP contribution >= 0.6 is 11.6 Å². The highest BCUT2D eigenvalue weighted by Crippen LogP contribution is 2.24. The molecule has 2 rings (SSSR count). The predicted molar refractivity (Wildman–Crippen MR) is 72.3 cm³/mol. The predicted octanol–water partition coefficient (Wildman–Crippen LogP) is 2.95. The van der Waals surface area contributed by atoms with Crippen LogP contribution in [0.2, 0.25) is 5.02 Å². The highest BCUT2D eigenvalue weighted by atomic mass is 35.5. The zero-order chi connectivity index (χ0) is 14.7. The molecule has 1 unspecified atom stereocenters. The number of carboxylic acid groups (broad SMARTS) is 1. The van der Waals surface area contributed by atoms with Gasteiger partial charge in [-0.3, -0.25) is 9.59 Å². The van der Waals surface area contributed by atoms with Crippen LogP contribution in [0, 0.1) is 5.82 Å². The largest absolute Gasteiger partial charge is 0.481 e. The molecular weight excluding hydrogens is 285 g/mol. The molecular formula is C14H15ClFNO3. The van der Waals surface area contributed by atoms with E-state index in [0.717, 1.165) is 18.9 Å². The van der Waals surface area contributed by atoms with Crippen LogP contribution in [0.4, 0.5) is 4.39 Å². The van der Waals surface area contributed by atoms with Gasteiger partial charge in [0.25, 0.3) is 5.91 Å². The summed E-state index contributed by atoms with van der Waals surface area (Å²) in [6.07, 6.45) is 2.18. The lowest BCUT2D eigenvalue weighted by molar-refractivity contribution is -0.138. The van der Waals surface area contributed by atoms with Crippen LogP contribution < -0.4 is 0 Å². The Morgan fingerprint density at radius 3 is 2.85 bits per heavy atom. The van der Waals surface area contributed by atoms with Crippen molar-refractivity contribution in [2.24, 2.45) is 0 Å². The molecule has 108 valence electrons. The van der Waals surface area contributed by atoms with E-state index in [1.54, 1.807) is 0 Å². The Bertz CT molecular complexity index is 535. The van der Waals surface area contributed by atoms with E-state index in [-0.39, 0.29) is 23.0 Å². The van der Waals surface area contributed by atoms with Crippen LogP contribution in [0.5, 0.6) is 0 Å². The molecule has 0 radical (unpaired) electrons. The van der Waals surface area contributed by atoms with Gasteiger partial charge in [-0.2, -0.15) is 0 Å². The second-order valence-corrected chi connectivity index (χ2v) is 5.31. The minimum Gasteiger partial charge on any atom is -0.481 e. The maximum atomic E-state index is 13.7. The fourth-order valence-electron chi connectivity index (χ4n) is 2.50. The number of carboxylic acids is 1. The monoisotopic (exact) mass is 299 g/mol. The number of aliphatic carboxylic acids is 1. The van der Waals surface area contributed by atoms with E-state index in [1.165, 1.54) is 17.0 Å². The van der Waals surface area contributed by atoms with Gasteiger partial charge in [-0.25, -0.2) is 4.39 Å². The van der Waals surface area contributed by atoms with Gasteiger partial charge in [0.05, 0.1) is 12.0 Å². The Labute approximate surface area is 121 Å². The minimum absolute atomic E-state index is 0.102. The van der Waals surface area contributed by atoms with E-state index < -0.39 is 17.7 Å². The zero-order valence-corrected chi connectivity index (χ0v) is 11.6. The summed E-state index contributed by atoms with van der Waals surface area (Å²) in [5.74, 6) is -2.09. The Hall–Kier alpha value is -1.62. The average molecular weight is 300 g/mol. The van der Waals surface area contributed by atoms with E-state index >= 15 is 0 Å². The van der Waals surface area contributed by atoms with Gasteiger partial charge in [-0.1, -0.05) is 11.6 Å². The topological polar surface area (TPSA) is 57.6 Å². The van der Waals surface area contributed by atoms with Crippen LogP contribution in [0.3, 0.4) is 0 Å². The molecule has 0 saturated carbocycles.